The second-order valence-corrected chi connectivity index (χ2v) is 7.27. The van der Waals surface area contributed by atoms with Gasteiger partial charge in [-0.05, 0) is 36.2 Å². The van der Waals surface area contributed by atoms with Crippen LogP contribution in [0, 0.1) is 0 Å². The number of carbonyl (C=O) groups excluding carboxylic acids is 1. The van der Waals surface area contributed by atoms with Crippen LogP contribution >= 0.6 is 0 Å². The van der Waals surface area contributed by atoms with Crippen molar-refractivity contribution in [1.29, 1.82) is 0 Å². The minimum absolute atomic E-state index is 0.273. The highest BCUT2D eigenvalue weighted by atomic mass is 16.5. The van der Waals surface area contributed by atoms with Crippen molar-refractivity contribution in [2.24, 2.45) is 0 Å². The van der Waals surface area contributed by atoms with Crippen molar-refractivity contribution >= 4 is 16.9 Å². The molecule has 2 N–H and O–H groups in total. The number of nitrogens with one attached hydrogen (secondary N) is 2. The van der Waals surface area contributed by atoms with Gasteiger partial charge < -0.3 is 24.5 Å². The molecule has 0 saturated carbocycles. The summed E-state index contributed by atoms with van der Waals surface area (Å²) in [5.41, 5.74) is 3.25. The van der Waals surface area contributed by atoms with Crippen LogP contribution in [0.25, 0.3) is 11.0 Å². The Morgan fingerprint density at radius 3 is 2.22 bits per heavy atom. The molecule has 1 heterocycles. The molecular formula is C25H25N3O4. The van der Waals surface area contributed by atoms with Gasteiger partial charge in [0.25, 0.3) is 5.91 Å². The third-order valence-corrected chi connectivity index (χ3v) is 5.25. The van der Waals surface area contributed by atoms with E-state index in [9.17, 15) is 4.79 Å². The largest absolute Gasteiger partial charge is 0.493 e. The van der Waals surface area contributed by atoms with E-state index in [1.165, 1.54) is 21.3 Å². The summed E-state index contributed by atoms with van der Waals surface area (Å²) in [6.45, 7) is 0. The first-order chi connectivity index (χ1) is 15.6. The molecule has 0 spiro atoms. The SMILES string of the molecule is COc1cc(C(=O)NC(Cc2ccccc2)c2nc3ccccc3[nH]2)cc(OC)c1OC. The number of methoxy groups -OCH3 is 3. The van der Waals surface area contributed by atoms with Gasteiger partial charge >= 0.3 is 0 Å². The smallest absolute Gasteiger partial charge is 0.252 e. The lowest BCUT2D eigenvalue weighted by molar-refractivity contribution is 0.0934. The van der Waals surface area contributed by atoms with Crippen LogP contribution in [0.4, 0.5) is 0 Å². The summed E-state index contributed by atoms with van der Waals surface area (Å²) in [5.74, 6) is 1.69. The molecule has 0 radical (unpaired) electrons. The van der Waals surface area contributed by atoms with E-state index < -0.39 is 0 Å². The van der Waals surface area contributed by atoms with Crippen LogP contribution in [-0.4, -0.2) is 37.2 Å². The number of hydrogen-bond acceptors (Lipinski definition) is 5. The Hall–Kier alpha value is -4.00. The number of ether oxygens (including phenoxy) is 3. The van der Waals surface area contributed by atoms with Crippen molar-refractivity contribution in [1.82, 2.24) is 15.3 Å². The summed E-state index contributed by atoms with van der Waals surface area (Å²) in [6.07, 6.45) is 0.580. The molecule has 4 aromatic rings. The Labute approximate surface area is 186 Å². The number of amides is 1. The zero-order chi connectivity index (χ0) is 22.5. The van der Waals surface area contributed by atoms with Gasteiger partial charge in [0.15, 0.2) is 11.5 Å². The van der Waals surface area contributed by atoms with Crippen LogP contribution in [0.1, 0.15) is 27.8 Å². The summed E-state index contributed by atoms with van der Waals surface area (Å²) in [6, 6.07) is 20.7. The average molecular weight is 431 g/mol. The summed E-state index contributed by atoms with van der Waals surface area (Å²) in [7, 11) is 4.56. The molecule has 0 aliphatic carbocycles. The Morgan fingerprint density at radius 2 is 1.59 bits per heavy atom. The summed E-state index contributed by atoms with van der Waals surface area (Å²) < 4.78 is 16.1. The number of hydrogen-bond donors (Lipinski definition) is 2. The van der Waals surface area contributed by atoms with Crippen molar-refractivity contribution in [3.63, 3.8) is 0 Å². The molecule has 7 heteroatoms. The van der Waals surface area contributed by atoms with E-state index in [0.29, 0.717) is 35.1 Å². The maximum atomic E-state index is 13.3. The van der Waals surface area contributed by atoms with Gasteiger partial charge in [0, 0.05) is 5.56 Å². The van der Waals surface area contributed by atoms with E-state index >= 15 is 0 Å². The first-order valence-electron chi connectivity index (χ1n) is 10.2. The lowest BCUT2D eigenvalue weighted by Gasteiger charge is -2.18. The molecule has 1 amide bonds. The second kappa shape index (κ2) is 9.43. The highest BCUT2D eigenvalue weighted by Crippen LogP contribution is 2.38. The highest BCUT2D eigenvalue weighted by molar-refractivity contribution is 5.96. The average Bonchev–Trinajstić information content (AvgIpc) is 3.27. The predicted octanol–water partition coefficient (Wildman–Crippen LogP) is 4.30. The number of para-hydroxylation sites is 2. The van der Waals surface area contributed by atoms with Gasteiger partial charge in [0.05, 0.1) is 38.4 Å². The van der Waals surface area contributed by atoms with Gasteiger partial charge in [-0.25, -0.2) is 4.98 Å². The first kappa shape index (κ1) is 21.2. The number of aromatic nitrogens is 2. The molecule has 0 bridgehead atoms. The van der Waals surface area contributed by atoms with Gasteiger partial charge in [0.2, 0.25) is 5.75 Å². The number of aromatic amines is 1. The molecular weight excluding hydrogens is 406 g/mol. The molecule has 0 aliphatic heterocycles. The van der Waals surface area contributed by atoms with E-state index in [2.05, 4.69) is 10.3 Å². The van der Waals surface area contributed by atoms with Gasteiger partial charge in [-0.15, -0.1) is 0 Å². The number of fused-ring (bicyclic) bond motifs is 1. The van der Waals surface area contributed by atoms with E-state index in [4.69, 9.17) is 19.2 Å². The molecule has 0 fully saturated rings. The maximum Gasteiger partial charge on any atom is 0.252 e. The molecule has 1 aromatic heterocycles. The number of nitrogens with zero attached hydrogens (tertiary/aromatic N) is 1. The third kappa shape index (κ3) is 4.37. The van der Waals surface area contributed by atoms with Crippen molar-refractivity contribution in [2.75, 3.05) is 21.3 Å². The molecule has 7 nitrogen and oxygen atoms in total. The molecule has 0 saturated heterocycles. The Balaban J connectivity index is 1.68. The molecule has 164 valence electrons. The number of H-pyrrole nitrogens is 1. The van der Waals surface area contributed by atoms with Gasteiger partial charge in [-0.3, -0.25) is 4.79 Å². The van der Waals surface area contributed by atoms with E-state index in [0.717, 1.165) is 16.6 Å². The van der Waals surface area contributed by atoms with Crippen LogP contribution in [0.5, 0.6) is 17.2 Å². The number of imidazole rings is 1. The predicted molar refractivity (Wildman–Crippen MR) is 123 cm³/mol. The van der Waals surface area contributed by atoms with Crippen molar-refractivity contribution in [2.45, 2.75) is 12.5 Å². The third-order valence-electron chi connectivity index (χ3n) is 5.25. The molecule has 0 aliphatic rings. The lowest BCUT2D eigenvalue weighted by Crippen LogP contribution is -2.30. The fourth-order valence-corrected chi connectivity index (χ4v) is 3.66. The molecule has 1 atom stereocenters. The second-order valence-electron chi connectivity index (χ2n) is 7.27. The molecule has 4 rings (SSSR count). The monoisotopic (exact) mass is 431 g/mol. The normalized spacial score (nSPS) is 11.7. The number of rotatable bonds is 8. The highest BCUT2D eigenvalue weighted by Gasteiger charge is 2.22. The maximum absolute atomic E-state index is 13.3. The van der Waals surface area contributed by atoms with Crippen molar-refractivity contribution in [3.8, 4) is 17.2 Å². The van der Waals surface area contributed by atoms with Crippen molar-refractivity contribution in [3.05, 3.63) is 83.7 Å². The Bertz CT molecular complexity index is 1160. The Kier molecular flexibility index (Phi) is 6.26. The van der Waals surface area contributed by atoms with Crippen LogP contribution in [0.2, 0.25) is 0 Å². The summed E-state index contributed by atoms with van der Waals surface area (Å²) in [5, 5.41) is 3.11. The first-order valence-corrected chi connectivity index (χ1v) is 10.2. The van der Waals surface area contributed by atoms with Crippen LogP contribution in [0.15, 0.2) is 66.7 Å². The standard InChI is InChI=1S/C25H25N3O4/c1-30-21-14-17(15-22(31-2)23(21)32-3)25(29)28-20(13-16-9-5-4-6-10-16)24-26-18-11-7-8-12-19(18)27-24/h4-12,14-15,20H,13H2,1-3H3,(H,26,27)(H,28,29). The fourth-order valence-electron chi connectivity index (χ4n) is 3.66. The minimum atomic E-state index is -0.364. The lowest BCUT2D eigenvalue weighted by atomic mass is 10.0. The van der Waals surface area contributed by atoms with Gasteiger partial charge in [-0.1, -0.05) is 42.5 Å². The van der Waals surface area contributed by atoms with Crippen LogP contribution < -0.4 is 19.5 Å². The fraction of sp³-hybridized carbons (Fsp3) is 0.200. The van der Waals surface area contributed by atoms with Gasteiger partial charge in [0.1, 0.15) is 5.82 Å². The zero-order valence-electron chi connectivity index (χ0n) is 18.2. The van der Waals surface area contributed by atoms with Crippen LogP contribution in [0.3, 0.4) is 0 Å². The van der Waals surface area contributed by atoms with Crippen LogP contribution in [-0.2, 0) is 6.42 Å². The number of carbonyl (C=O) groups is 1. The zero-order valence-corrected chi connectivity index (χ0v) is 18.2. The summed E-state index contributed by atoms with van der Waals surface area (Å²) >= 11 is 0. The Morgan fingerprint density at radius 1 is 0.938 bits per heavy atom. The molecule has 3 aromatic carbocycles. The topological polar surface area (TPSA) is 85.5 Å². The van der Waals surface area contributed by atoms with Crippen molar-refractivity contribution < 1.29 is 19.0 Å². The minimum Gasteiger partial charge on any atom is -0.493 e. The number of benzene rings is 3. The van der Waals surface area contributed by atoms with E-state index in [1.807, 2.05) is 54.6 Å². The molecule has 32 heavy (non-hydrogen) atoms. The quantitative estimate of drug-likeness (QED) is 0.434. The van der Waals surface area contributed by atoms with E-state index in [1.54, 1.807) is 12.1 Å². The molecule has 1 unspecified atom stereocenters. The van der Waals surface area contributed by atoms with Gasteiger partial charge in [-0.2, -0.15) is 0 Å². The van der Waals surface area contributed by atoms with E-state index in [-0.39, 0.29) is 11.9 Å². The summed E-state index contributed by atoms with van der Waals surface area (Å²) in [4.78, 5) is 21.3.